The van der Waals surface area contributed by atoms with Crippen LogP contribution in [-0.2, 0) is 0 Å². The van der Waals surface area contributed by atoms with Crippen LogP contribution < -0.4 is 5.73 Å². The van der Waals surface area contributed by atoms with E-state index in [1.807, 2.05) is 0 Å². The molecule has 0 bridgehead atoms. The molecule has 0 fully saturated rings. The molecule has 98 valence electrons. The Balaban J connectivity index is 2.75. The van der Waals surface area contributed by atoms with Gasteiger partial charge in [0.15, 0.2) is 5.76 Å². The number of rotatable bonds is 5. The fraction of sp³-hybridized carbons (Fsp3) is 0.333. The van der Waals surface area contributed by atoms with Gasteiger partial charge in [0.2, 0.25) is 0 Å². The summed E-state index contributed by atoms with van der Waals surface area (Å²) in [6.45, 7) is 1.37. The van der Waals surface area contributed by atoms with Crippen LogP contribution in [0.4, 0.5) is 10.7 Å². The normalized spacial score (nSPS) is 12.6. The molecular weight excluding hydrogens is 244 g/mol. The van der Waals surface area contributed by atoms with Crippen molar-refractivity contribution in [1.29, 1.82) is 0 Å². The average Bonchev–Trinajstić information content (AvgIpc) is 2.72. The van der Waals surface area contributed by atoms with Crippen LogP contribution in [0.25, 0.3) is 0 Å². The predicted octanol–water partition coefficient (Wildman–Crippen LogP) is 0.283. The van der Waals surface area contributed by atoms with Crippen molar-refractivity contribution in [3.8, 4) is 0 Å². The maximum atomic E-state index is 11.0. The standard InChI is InChI=1S/C9H12N4O5/c1-6(14)5-12(9(10)15)11-4-7-2-3-8(18-7)13(16)17/h2-4,6,14H,5H2,1H3,(H2,10,15)/b11-4-. The van der Waals surface area contributed by atoms with Gasteiger partial charge in [-0.05, 0) is 13.0 Å². The Kier molecular flexibility index (Phi) is 4.38. The van der Waals surface area contributed by atoms with Crippen molar-refractivity contribution in [1.82, 2.24) is 5.01 Å². The highest BCUT2D eigenvalue weighted by molar-refractivity contribution is 5.79. The lowest BCUT2D eigenvalue weighted by Gasteiger charge is -2.15. The molecule has 0 saturated heterocycles. The zero-order valence-corrected chi connectivity index (χ0v) is 9.52. The van der Waals surface area contributed by atoms with Gasteiger partial charge in [0.25, 0.3) is 0 Å². The molecule has 2 amide bonds. The Morgan fingerprint density at radius 1 is 1.78 bits per heavy atom. The summed E-state index contributed by atoms with van der Waals surface area (Å²) in [6, 6.07) is 1.63. The number of urea groups is 1. The molecule has 0 aromatic carbocycles. The monoisotopic (exact) mass is 256 g/mol. The molecule has 0 aliphatic heterocycles. The molecule has 9 heteroatoms. The van der Waals surface area contributed by atoms with Gasteiger partial charge in [0.1, 0.15) is 4.92 Å². The second-order valence-corrected chi connectivity index (χ2v) is 3.45. The number of nitro groups is 1. The molecule has 1 rings (SSSR count). The first-order valence-electron chi connectivity index (χ1n) is 4.93. The number of primary amides is 1. The molecule has 9 nitrogen and oxygen atoms in total. The van der Waals surface area contributed by atoms with E-state index in [1.165, 1.54) is 13.0 Å². The molecule has 18 heavy (non-hydrogen) atoms. The van der Waals surface area contributed by atoms with E-state index < -0.39 is 22.9 Å². The van der Waals surface area contributed by atoms with Gasteiger partial charge in [0, 0.05) is 0 Å². The molecule has 3 N–H and O–H groups in total. The lowest BCUT2D eigenvalue weighted by molar-refractivity contribution is -0.402. The van der Waals surface area contributed by atoms with Crippen molar-refractivity contribution in [3.63, 3.8) is 0 Å². The number of furan rings is 1. The van der Waals surface area contributed by atoms with E-state index in [1.54, 1.807) is 0 Å². The van der Waals surface area contributed by atoms with Crippen LogP contribution in [-0.4, -0.2) is 39.9 Å². The summed E-state index contributed by atoms with van der Waals surface area (Å²) in [4.78, 5) is 20.6. The van der Waals surface area contributed by atoms with Gasteiger partial charge in [-0.3, -0.25) is 10.1 Å². The summed E-state index contributed by atoms with van der Waals surface area (Å²) < 4.78 is 4.79. The molecule has 1 unspecified atom stereocenters. The highest BCUT2D eigenvalue weighted by Gasteiger charge is 2.13. The number of hydrogen-bond donors (Lipinski definition) is 2. The molecular formula is C9H12N4O5. The largest absolute Gasteiger partial charge is 0.433 e. The molecule has 0 spiro atoms. The summed E-state index contributed by atoms with van der Waals surface area (Å²) in [5.74, 6) is -0.337. The number of hydrazone groups is 1. The van der Waals surface area contributed by atoms with Crippen molar-refractivity contribution < 1.29 is 19.2 Å². The molecule has 1 aromatic heterocycles. The van der Waals surface area contributed by atoms with Crippen LogP contribution in [0.1, 0.15) is 12.7 Å². The predicted molar refractivity (Wildman–Crippen MR) is 60.9 cm³/mol. The van der Waals surface area contributed by atoms with E-state index in [0.717, 1.165) is 17.3 Å². The third-order valence-electron chi connectivity index (χ3n) is 1.81. The second kappa shape index (κ2) is 5.77. The van der Waals surface area contributed by atoms with Crippen LogP contribution in [0.15, 0.2) is 21.7 Å². The van der Waals surface area contributed by atoms with Gasteiger partial charge in [-0.2, -0.15) is 5.10 Å². The highest BCUT2D eigenvalue weighted by Crippen LogP contribution is 2.13. The van der Waals surface area contributed by atoms with Gasteiger partial charge >= 0.3 is 11.9 Å². The first-order chi connectivity index (χ1) is 8.40. The summed E-state index contributed by atoms with van der Waals surface area (Å²) in [5.41, 5.74) is 5.03. The fourth-order valence-corrected chi connectivity index (χ4v) is 1.08. The lowest BCUT2D eigenvalue weighted by Crippen LogP contribution is -2.36. The number of carbonyl (C=O) groups is 1. The van der Waals surface area contributed by atoms with Gasteiger partial charge in [-0.1, -0.05) is 0 Å². The molecule has 0 aliphatic carbocycles. The average molecular weight is 256 g/mol. The van der Waals surface area contributed by atoms with E-state index in [2.05, 4.69) is 5.10 Å². The van der Waals surface area contributed by atoms with E-state index in [4.69, 9.17) is 15.3 Å². The summed E-state index contributed by atoms with van der Waals surface area (Å²) in [6.07, 6.45) is 0.292. The molecule has 1 aromatic rings. The maximum absolute atomic E-state index is 11.0. The van der Waals surface area contributed by atoms with E-state index in [0.29, 0.717) is 0 Å². The van der Waals surface area contributed by atoms with Crippen molar-refractivity contribution in [2.75, 3.05) is 6.54 Å². The molecule has 0 saturated carbocycles. The van der Waals surface area contributed by atoms with Crippen LogP contribution in [0, 0.1) is 10.1 Å². The van der Waals surface area contributed by atoms with Crippen molar-refractivity contribution in [3.05, 3.63) is 28.0 Å². The summed E-state index contributed by atoms with van der Waals surface area (Å²) in [5, 5.41) is 23.9. The smallest absolute Gasteiger partial charge is 0.400 e. The summed E-state index contributed by atoms with van der Waals surface area (Å²) in [7, 11) is 0. The number of aliphatic hydroxyl groups excluding tert-OH is 1. The van der Waals surface area contributed by atoms with E-state index in [-0.39, 0.29) is 12.3 Å². The molecule has 0 aliphatic rings. The number of nitrogens with zero attached hydrogens (tertiary/aromatic N) is 3. The zero-order chi connectivity index (χ0) is 13.7. The topological polar surface area (TPSA) is 135 Å². The summed E-state index contributed by atoms with van der Waals surface area (Å²) >= 11 is 0. The zero-order valence-electron chi connectivity index (χ0n) is 9.52. The van der Waals surface area contributed by atoms with Crippen LogP contribution in [0.2, 0.25) is 0 Å². The Morgan fingerprint density at radius 2 is 2.44 bits per heavy atom. The van der Waals surface area contributed by atoms with Crippen LogP contribution in [0.3, 0.4) is 0 Å². The number of aliphatic hydroxyl groups is 1. The number of nitrogens with two attached hydrogens (primary N) is 1. The minimum Gasteiger partial charge on any atom is -0.400 e. The van der Waals surface area contributed by atoms with Gasteiger partial charge < -0.3 is 15.3 Å². The Hall–Kier alpha value is -2.42. The maximum Gasteiger partial charge on any atom is 0.433 e. The molecule has 0 radical (unpaired) electrons. The van der Waals surface area contributed by atoms with Crippen LogP contribution in [0.5, 0.6) is 0 Å². The fourth-order valence-electron chi connectivity index (χ4n) is 1.08. The lowest BCUT2D eigenvalue weighted by atomic mass is 10.4. The molecule has 1 atom stereocenters. The minimum atomic E-state index is -0.854. The van der Waals surface area contributed by atoms with E-state index >= 15 is 0 Å². The van der Waals surface area contributed by atoms with Gasteiger partial charge in [-0.15, -0.1) is 0 Å². The minimum absolute atomic E-state index is 0.0887. The van der Waals surface area contributed by atoms with Crippen molar-refractivity contribution in [2.45, 2.75) is 13.0 Å². The van der Waals surface area contributed by atoms with Crippen molar-refractivity contribution in [2.24, 2.45) is 10.8 Å². The third kappa shape index (κ3) is 3.87. The second-order valence-electron chi connectivity index (χ2n) is 3.45. The number of hydrogen-bond acceptors (Lipinski definition) is 6. The van der Waals surface area contributed by atoms with Crippen molar-refractivity contribution >= 4 is 18.1 Å². The Labute approximate surface area is 102 Å². The first kappa shape index (κ1) is 13.6. The third-order valence-corrected chi connectivity index (χ3v) is 1.81. The number of amides is 2. The van der Waals surface area contributed by atoms with Gasteiger partial charge in [0.05, 0.1) is 24.9 Å². The Bertz CT molecular complexity index is 467. The first-order valence-corrected chi connectivity index (χ1v) is 4.93. The SMILES string of the molecule is CC(O)CN(/N=C\c1ccc([N+](=O)[O-])o1)C(N)=O. The Morgan fingerprint density at radius 3 is 2.89 bits per heavy atom. The molecule has 1 heterocycles. The van der Waals surface area contributed by atoms with Gasteiger partial charge in [-0.25, -0.2) is 9.80 Å². The van der Waals surface area contributed by atoms with E-state index in [9.17, 15) is 14.9 Å². The quantitative estimate of drug-likeness (QED) is 0.443. The highest BCUT2D eigenvalue weighted by atomic mass is 16.6. The van der Waals surface area contributed by atoms with Crippen LogP contribution >= 0.6 is 0 Å². The number of carbonyl (C=O) groups excluding carboxylic acids is 1.